The quantitative estimate of drug-likeness (QED) is 0.510. The Morgan fingerprint density at radius 2 is 2.04 bits per heavy atom. The van der Waals surface area contributed by atoms with E-state index in [1.807, 2.05) is 24.3 Å². The Kier molecular flexibility index (Phi) is 3.89. The van der Waals surface area contributed by atoms with E-state index in [0.717, 1.165) is 29.8 Å². The molecule has 0 fully saturated rings. The number of nitro benzene ring substituents is 1. The van der Waals surface area contributed by atoms with Crippen molar-refractivity contribution in [3.63, 3.8) is 0 Å². The lowest BCUT2D eigenvalue weighted by molar-refractivity contribution is -0.384. The van der Waals surface area contributed by atoms with Gasteiger partial charge in [0.05, 0.1) is 17.7 Å². The Balaban J connectivity index is 1.53. The topological polar surface area (TPSA) is 72.4 Å². The third-order valence-electron chi connectivity index (χ3n) is 4.27. The minimum absolute atomic E-state index is 0.127. The first-order valence-corrected chi connectivity index (χ1v) is 8.21. The molecule has 1 aliphatic rings. The fourth-order valence-corrected chi connectivity index (χ4v) is 3.15. The highest BCUT2D eigenvalue weighted by atomic mass is 35.5. The standard InChI is InChI=1S/C18H14ClN3O3/c19-14-3-1-12(2-4-14)17-10-20-18(25-17)11-21-8-7-13-9-15(22(23)24)5-6-16(13)21/h1-6,9-10H,7-8,11H2. The lowest BCUT2D eigenvalue weighted by Crippen LogP contribution is -2.19. The minimum Gasteiger partial charge on any atom is -0.439 e. The Morgan fingerprint density at radius 3 is 2.80 bits per heavy atom. The number of non-ortho nitro benzene ring substituents is 1. The van der Waals surface area contributed by atoms with Crippen molar-refractivity contribution in [2.75, 3.05) is 11.4 Å². The second-order valence-electron chi connectivity index (χ2n) is 5.87. The summed E-state index contributed by atoms with van der Waals surface area (Å²) in [5.41, 5.74) is 3.03. The molecule has 0 aliphatic carbocycles. The molecule has 0 atom stereocenters. The van der Waals surface area contributed by atoms with Crippen LogP contribution in [0.5, 0.6) is 0 Å². The number of rotatable bonds is 4. The Labute approximate surface area is 148 Å². The highest BCUT2D eigenvalue weighted by Gasteiger charge is 2.23. The van der Waals surface area contributed by atoms with Crippen LogP contribution in [0, 0.1) is 10.1 Å². The predicted molar refractivity (Wildman–Crippen MR) is 94.8 cm³/mol. The summed E-state index contributed by atoms with van der Waals surface area (Å²) < 4.78 is 5.84. The van der Waals surface area contributed by atoms with Crippen LogP contribution in [0.15, 0.2) is 53.1 Å². The van der Waals surface area contributed by atoms with E-state index in [2.05, 4.69) is 9.88 Å². The first-order valence-electron chi connectivity index (χ1n) is 7.83. The van der Waals surface area contributed by atoms with E-state index < -0.39 is 0 Å². The van der Waals surface area contributed by atoms with E-state index in [0.29, 0.717) is 23.2 Å². The van der Waals surface area contributed by atoms with Crippen LogP contribution in [0.4, 0.5) is 11.4 Å². The predicted octanol–water partition coefficient (Wildman–Crippen LogP) is 4.47. The van der Waals surface area contributed by atoms with E-state index in [4.69, 9.17) is 16.0 Å². The molecule has 0 saturated heterocycles. The molecule has 25 heavy (non-hydrogen) atoms. The van der Waals surface area contributed by atoms with Crippen LogP contribution in [-0.4, -0.2) is 16.5 Å². The Hall–Kier alpha value is -2.86. The molecule has 0 N–H and O–H groups in total. The number of aromatic nitrogens is 1. The molecule has 2 aromatic carbocycles. The zero-order valence-electron chi connectivity index (χ0n) is 13.2. The number of nitro groups is 1. The van der Waals surface area contributed by atoms with Gasteiger partial charge >= 0.3 is 0 Å². The van der Waals surface area contributed by atoms with E-state index >= 15 is 0 Å². The summed E-state index contributed by atoms with van der Waals surface area (Å²) in [5.74, 6) is 1.30. The van der Waals surface area contributed by atoms with Crippen molar-refractivity contribution in [2.24, 2.45) is 0 Å². The third kappa shape index (κ3) is 3.08. The molecular weight excluding hydrogens is 342 g/mol. The first kappa shape index (κ1) is 15.7. The molecule has 0 saturated carbocycles. The van der Waals surface area contributed by atoms with E-state index in [1.54, 1.807) is 18.3 Å². The van der Waals surface area contributed by atoms with Crippen molar-refractivity contribution in [2.45, 2.75) is 13.0 Å². The number of halogens is 1. The van der Waals surface area contributed by atoms with Crippen LogP contribution >= 0.6 is 11.6 Å². The van der Waals surface area contributed by atoms with Gasteiger partial charge in [-0.15, -0.1) is 0 Å². The maximum absolute atomic E-state index is 10.9. The summed E-state index contributed by atoms with van der Waals surface area (Å²) >= 11 is 5.90. The van der Waals surface area contributed by atoms with Crippen LogP contribution in [-0.2, 0) is 13.0 Å². The summed E-state index contributed by atoms with van der Waals surface area (Å²) in [4.78, 5) is 17.0. The fraction of sp³-hybridized carbons (Fsp3) is 0.167. The Bertz CT molecular complexity index is 937. The minimum atomic E-state index is -0.366. The smallest absolute Gasteiger partial charge is 0.269 e. The molecule has 0 amide bonds. The molecule has 4 rings (SSSR count). The number of oxazole rings is 1. The average Bonchev–Trinajstić information content (AvgIpc) is 3.23. The number of anilines is 1. The molecule has 1 aromatic heterocycles. The van der Waals surface area contributed by atoms with Gasteiger partial charge in [-0.1, -0.05) is 11.6 Å². The highest BCUT2D eigenvalue weighted by molar-refractivity contribution is 6.30. The average molecular weight is 356 g/mol. The number of hydrogen-bond acceptors (Lipinski definition) is 5. The normalized spacial score (nSPS) is 13.1. The van der Waals surface area contributed by atoms with Crippen LogP contribution < -0.4 is 4.90 Å². The van der Waals surface area contributed by atoms with Crippen LogP contribution in [0.1, 0.15) is 11.5 Å². The van der Waals surface area contributed by atoms with Gasteiger partial charge in [-0.05, 0) is 42.3 Å². The molecule has 0 spiro atoms. The van der Waals surface area contributed by atoms with Crippen LogP contribution in [0.25, 0.3) is 11.3 Å². The van der Waals surface area contributed by atoms with Gasteiger partial charge in [0, 0.05) is 35.0 Å². The van der Waals surface area contributed by atoms with Gasteiger partial charge in [0.1, 0.15) is 0 Å². The second kappa shape index (κ2) is 6.22. The number of nitrogens with zero attached hydrogens (tertiary/aromatic N) is 3. The number of fused-ring (bicyclic) bond motifs is 1. The molecule has 0 unspecified atom stereocenters. The van der Waals surface area contributed by atoms with Crippen LogP contribution in [0.3, 0.4) is 0 Å². The van der Waals surface area contributed by atoms with Gasteiger partial charge in [-0.25, -0.2) is 4.98 Å². The maximum Gasteiger partial charge on any atom is 0.269 e. The van der Waals surface area contributed by atoms with Crippen molar-refractivity contribution in [3.8, 4) is 11.3 Å². The van der Waals surface area contributed by atoms with Gasteiger partial charge in [0.15, 0.2) is 5.76 Å². The van der Waals surface area contributed by atoms with E-state index in [9.17, 15) is 10.1 Å². The third-order valence-corrected chi connectivity index (χ3v) is 4.53. The number of hydrogen-bond donors (Lipinski definition) is 0. The summed E-state index contributed by atoms with van der Waals surface area (Å²) in [6.07, 6.45) is 2.48. The monoisotopic (exact) mass is 355 g/mol. The summed E-state index contributed by atoms with van der Waals surface area (Å²) in [7, 11) is 0. The van der Waals surface area contributed by atoms with E-state index in [-0.39, 0.29) is 10.6 Å². The molecule has 6 nitrogen and oxygen atoms in total. The molecule has 7 heteroatoms. The number of benzene rings is 2. The zero-order valence-corrected chi connectivity index (χ0v) is 13.9. The fourth-order valence-electron chi connectivity index (χ4n) is 3.03. The lowest BCUT2D eigenvalue weighted by Gasteiger charge is -2.16. The zero-order chi connectivity index (χ0) is 17.4. The highest BCUT2D eigenvalue weighted by Crippen LogP contribution is 2.32. The molecular formula is C18H14ClN3O3. The van der Waals surface area contributed by atoms with Crippen molar-refractivity contribution >= 4 is 23.0 Å². The van der Waals surface area contributed by atoms with Gasteiger partial charge < -0.3 is 9.32 Å². The van der Waals surface area contributed by atoms with E-state index in [1.165, 1.54) is 6.07 Å². The molecule has 0 radical (unpaired) electrons. The van der Waals surface area contributed by atoms with Crippen molar-refractivity contribution in [1.29, 1.82) is 0 Å². The van der Waals surface area contributed by atoms with Gasteiger partial charge in [-0.3, -0.25) is 10.1 Å². The first-order chi connectivity index (χ1) is 12.1. The molecule has 126 valence electrons. The van der Waals surface area contributed by atoms with Gasteiger partial charge in [-0.2, -0.15) is 0 Å². The molecule has 3 aromatic rings. The summed E-state index contributed by atoms with van der Waals surface area (Å²) in [5, 5.41) is 11.6. The maximum atomic E-state index is 10.9. The van der Waals surface area contributed by atoms with Crippen molar-refractivity contribution < 1.29 is 9.34 Å². The van der Waals surface area contributed by atoms with Gasteiger partial charge in [0.2, 0.25) is 5.89 Å². The van der Waals surface area contributed by atoms with Crippen molar-refractivity contribution in [3.05, 3.63) is 75.3 Å². The largest absolute Gasteiger partial charge is 0.439 e. The lowest BCUT2D eigenvalue weighted by atomic mass is 10.1. The molecule has 0 bridgehead atoms. The SMILES string of the molecule is O=[N+]([O-])c1ccc2c(c1)CCN2Cc1ncc(-c2ccc(Cl)cc2)o1. The van der Waals surface area contributed by atoms with Gasteiger partial charge in [0.25, 0.3) is 5.69 Å². The molecule has 2 heterocycles. The van der Waals surface area contributed by atoms with Crippen LogP contribution in [0.2, 0.25) is 5.02 Å². The molecule has 1 aliphatic heterocycles. The Morgan fingerprint density at radius 1 is 1.24 bits per heavy atom. The summed E-state index contributed by atoms with van der Waals surface area (Å²) in [6, 6.07) is 12.4. The second-order valence-corrected chi connectivity index (χ2v) is 6.30. The van der Waals surface area contributed by atoms with Crippen molar-refractivity contribution in [1.82, 2.24) is 4.98 Å². The summed E-state index contributed by atoms with van der Waals surface area (Å²) in [6.45, 7) is 1.31.